The number of aromatic nitrogens is 3. The molecular formula is C13H12FN3O3. The molecule has 2 heterocycles. The van der Waals surface area contributed by atoms with Gasteiger partial charge in [-0.05, 0) is 19.1 Å². The van der Waals surface area contributed by atoms with Crippen LogP contribution in [0.3, 0.4) is 0 Å². The SMILES string of the molecule is Cc1ccc(-c2cn(CCC=O)c(=O)[nH]c2=O)c(F)n1. The van der Waals surface area contributed by atoms with Crippen LogP contribution in [0.15, 0.2) is 27.9 Å². The Balaban J connectivity index is 2.58. The van der Waals surface area contributed by atoms with Crippen LogP contribution in [0.25, 0.3) is 11.1 Å². The molecule has 0 radical (unpaired) electrons. The minimum atomic E-state index is -0.781. The highest BCUT2D eigenvalue weighted by Crippen LogP contribution is 2.17. The lowest BCUT2D eigenvalue weighted by Crippen LogP contribution is -2.30. The summed E-state index contributed by atoms with van der Waals surface area (Å²) in [5, 5.41) is 0. The Kier molecular flexibility index (Phi) is 3.88. The first kappa shape index (κ1) is 13.9. The maximum absolute atomic E-state index is 13.8. The number of aldehydes is 1. The average Bonchev–Trinajstić information content (AvgIpc) is 2.39. The Labute approximate surface area is 112 Å². The van der Waals surface area contributed by atoms with E-state index in [1.807, 2.05) is 0 Å². The molecule has 2 aromatic rings. The van der Waals surface area contributed by atoms with Crippen LogP contribution >= 0.6 is 0 Å². The quantitative estimate of drug-likeness (QED) is 0.656. The van der Waals surface area contributed by atoms with Crippen molar-refractivity contribution in [2.24, 2.45) is 0 Å². The summed E-state index contributed by atoms with van der Waals surface area (Å²) in [7, 11) is 0. The van der Waals surface area contributed by atoms with E-state index in [-0.39, 0.29) is 24.1 Å². The molecule has 0 bridgehead atoms. The summed E-state index contributed by atoms with van der Waals surface area (Å²) < 4.78 is 15.0. The molecule has 0 saturated carbocycles. The van der Waals surface area contributed by atoms with Crippen LogP contribution in [0, 0.1) is 12.9 Å². The monoisotopic (exact) mass is 277 g/mol. The second kappa shape index (κ2) is 5.60. The highest BCUT2D eigenvalue weighted by atomic mass is 19.1. The Morgan fingerprint density at radius 2 is 2.10 bits per heavy atom. The lowest BCUT2D eigenvalue weighted by molar-refractivity contribution is -0.108. The molecule has 0 saturated heterocycles. The van der Waals surface area contributed by atoms with Gasteiger partial charge in [-0.3, -0.25) is 14.3 Å². The highest BCUT2D eigenvalue weighted by Gasteiger charge is 2.12. The molecule has 1 N–H and O–H groups in total. The summed E-state index contributed by atoms with van der Waals surface area (Å²) in [6.45, 7) is 1.75. The number of nitrogens with one attached hydrogen (secondary N) is 1. The molecule has 2 rings (SSSR count). The molecule has 7 heteroatoms. The van der Waals surface area contributed by atoms with E-state index < -0.39 is 17.2 Å². The van der Waals surface area contributed by atoms with E-state index in [9.17, 15) is 18.8 Å². The number of pyridine rings is 1. The van der Waals surface area contributed by atoms with Crippen molar-refractivity contribution in [2.75, 3.05) is 0 Å². The molecule has 0 fully saturated rings. The second-order valence-electron chi connectivity index (χ2n) is 4.24. The molecule has 104 valence electrons. The van der Waals surface area contributed by atoms with Gasteiger partial charge in [0, 0.05) is 30.4 Å². The highest BCUT2D eigenvalue weighted by molar-refractivity contribution is 5.61. The molecule has 0 atom stereocenters. The first-order valence-electron chi connectivity index (χ1n) is 5.94. The lowest BCUT2D eigenvalue weighted by atomic mass is 10.1. The standard InChI is InChI=1S/C13H12FN3O3/c1-8-3-4-9(11(14)15-8)10-7-17(5-2-6-18)13(20)16-12(10)19/h3-4,6-7H,2,5H2,1H3,(H,16,19,20). The van der Waals surface area contributed by atoms with Crippen LogP contribution in [0.1, 0.15) is 12.1 Å². The predicted octanol–water partition coefficient (Wildman–Crippen LogP) is 0.635. The van der Waals surface area contributed by atoms with Gasteiger partial charge in [-0.1, -0.05) is 0 Å². The van der Waals surface area contributed by atoms with Crippen LogP contribution in [0.2, 0.25) is 0 Å². The molecule has 0 amide bonds. The van der Waals surface area contributed by atoms with Crippen LogP contribution in [0.5, 0.6) is 0 Å². The Morgan fingerprint density at radius 1 is 1.35 bits per heavy atom. The molecule has 6 nitrogen and oxygen atoms in total. The van der Waals surface area contributed by atoms with E-state index in [1.54, 1.807) is 13.0 Å². The van der Waals surface area contributed by atoms with Crippen LogP contribution in [-0.4, -0.2) is 20.8 Å². The zero-order chi connectivity index (χ0) is 14.7. The molecule has 20 heavy (non-hydrogen) atoms. The van der Waals surface area contributed by atoms with E-state index >= 15 is 0 Å². The van der Waals surface area contributed by atoms with Gasteiger partial charge in [-0.2, -0.15) is 4.39 Å². The van der Waals surface area contributed by atoms with Crippen molar-refractivity contribution in [3.05, 3.63) is 50.8 Å². The van der Waals surface area contributed by atoms with Gasteiger partial charge in [0.2, 0.25) is 5.95 Å². The summed E-state index contributed by atoms with van der Waals surface area (Å²) in [6, 6.07) is 3.00. The van der Waals surface area contributed by atoms with Gasteiger partial charge in [0.05, 0.1) is 5.56 Å². The number of carbonyl (C=O) groups excluding carboxylic acids is 1. The summed E-state index contributed by atoms with van der Waals surface area (Å²) in [6.07, 6.45) is 2.02. The van der Waals surface area contributed by atoms with Crippen molar-refractivity contribution in [2.45, 2.75) is 19.9 Å². The normalized spacial score (nSPS) is 10.5. The number of nitrogens with zero attached hydrogens (tertiary/aromatic N) is 2. The summed E-state index contributed by atoms with van der Waals surface area (Å²) >= 11 is 0. The van der Waals surface area contributed by atoms with Crippen molar-refractivity contribution >= 4 is 6.29 Å². The summed E-state index contributed by atoms with van der Waals surface area (Å²) in [5.74, 6) is -0.781. The Morgan fingerprint density at radius 3 is 2.75 bits per heavy atom. The van der Waals surface area contributed by atoms with Crippen LogP contribution in [0.4, 0.5) is 4.39 Å². The molecular weight excluding hydrogens is 265 g/mol. The number of aromatic amines is 1. The maximum atomic E-state index is 13.8. The number of carbonyl (C=O) groups is 1. The smallest absolute Gasteiger partial charge is 0.303 e. The fourth-order valence-corrected chi connectivity index (χ4v) is 1.79. The average molecular weight is 277 g/mol. The topological polar surface area (TPSA) is 84.8 Å². The van der Waals surface area contributed by atoms with Crippen LogP contribution < -0.4 is 11.2 Å². The van der Waals surface area contributed by atoms with Gasteiger partial charge < -0.3 is 4.79 Å². The first-order valence-corrected chi connectivity index (χ1v) is 5.94. The molecule has 0 unspecified atom stereocenters. The van der Waals surface area contributed by atoms with E-state index in [0.717, 1.165) is 4.57 Å². The molecule has 0 aromatic carbocycles. The zero-order valence-electron chi connectivity index (χ0n) is 10.7. The van der Waals surface area contributed by atoms with Gasteiger partial charge >= 0.3 is 5.69 Å². The van der Waals surface area contributed by atoms with E-state index in [0.29, 0.717) is 12.0 Å². The van der Waals surface area contributed by atoms with Crippen molar-refractivity contribution < 1.29 is 9.18 Å². The van der Waals surface area contributed by atoms with E-state index in [1.165, 1.54) is 12.3 Å². The molecule has 0 spiro atoms. The number of aryl methyl sites for hydroxylation is 2. The zero-order valence-corrected chi connectivity index (χ0v) is 10.7. The Bertz CT molecular complexity index is 764. The number of hydrogen-bond donors (Lipinski definition) is 1. The van der Waals surface area contributed by atoms with Crippen molar-refractivity contribution in [3.63, 3.8) is 0 Å². The van der Waals surface area contributed by atoms with E-state index in [4.69, 9.17) is 0 Å². The Hall–Kier alpha value is -2.57. The number of rotatable bonds is 4. The van der Waals surface area contributed by atoms with Gasteiger partial charge in [0.1, 0.15) is 6.29 Å². The first-order chi connectivity index (χ1) is 9.52. The molecule has 0 aliphatic heterocycles. The number of H-pyrrole nitrogens is 1. The van der Waals surface area contributed by atoms with Crippen molar-refractivity contribution in [1.82, 2.24) is 14.5 Å². The summed E-state index contributed by atoms with van der Waals surface area (Å²) in [4.78, 5) is 39.4. The third kappa shape index (κ3) is 2.71. The molecule has 0 aliphatic carbocycles. The number of halogens is 1. The van der Waals surface area contributed by atoms with Crippen molar-refractivity contribution in [1.29, 1.82) is 0 Å². The van der Waals surface area contributed by atoms with Gasteiger partial charge in [0.25, 0.3) is 5.56 Å². The maximum Gasteiger partial charge on any atom is 0.328 e. The minimum absolute atomic E-state index is 0.000462. The summed E-state index contributed by atoms with van der Waals surface area (Å²) in [5.41, 5.74) is -0.836. The van der Waals surface area contributed by atoms with Gasteiger partial charge in [-0.25, -0.2) is 9.78 Å². The third-order valence-corrected chi connectivity index (χ3v) is 2.78. The lowest BCUT2D eigenvalue weighted by Gasteiger charge is -2.07. The largest absolute Gasteiger partial charge is 0.328 e. The molecule has 0 aliphatic rings. The van der Waals surface area contributed by atoms with Crippen molar-refractivity contribution in [3.8, 4) is 11.1 Å². The molecule has 2 aromatic heterocycles. The van der Waals surface area contributed by atoms with Crippen LogP contribution in [-0.2, 0) is 11.3 Å². The minimum Gasteiger partial charge on any atom is -0.303 e. The van der Waals surface area contributed by atoms with E-state index in [2.05, 4.69) is 9.97 Å². The second-order valence-corrected chi connectivity index (χ2v) is 4.24. The predicted molar refractivity (Wildman–Crippen MR) is 69.9 cm³/mol. The van der Waals surface area contributed by atoms with Gasteiger partial charge in [-0.15, -0.1) is 0 Å². The van der Waals surface area contributed by atoms with Gasteiger partial charge in [0.15, 0.2) is 0 Å². The fourth-order valence-electron chi connectivity index (χ4n) is 1.79. The number of hydrogen-bond acceptors (Lipinski definition) is 4. The fraction of sp³-hybridized carbons (Fsp3) is 0.231. The third-order valence-electron chi connectivity index (χ3n) is 2.78.